The van der Waals surface area contributed by atoms with Crippen LogP contribution in [0.5, 0.6) is 0 Å². The lowest BCUT2D eigenvalue weighted by Crippen LogP contribution is -2.36. The molecule has 0 bridgehead atoms. The Kier molecular flexibility index (Phi) is 1.90. The van der Waals surface area contributed by atoms with E-state index in [1.54, 1.807) is 0 Å². The van der Waals surface area contributed by atoms with Crippen molar-refractivity contribution in [1.29, 1.82) is 0 Å². The van der Waals surface area contributed by atoms with E-state index in [1.807, 2.05) is 6.07 Å². The van der Waals surface area contributed by atoms with Crippen LogP contribution in [0.3, 0.4) is 0 Å². The Labute approximate surface area is 103 Å². The number of nitrogen functional groups attached to an aromatic ring is 1. The summed E-state index contributed by atoms with van der Waals surface area (Å²) in [7, 11) is 0. The molecule has 0 heterocycles. The monoisotopic (exact) mass is 225 g/mol. The van der Waals surface area contributed by atoms with Crippen molar-refractivity contribution >= 4 is 5.69 Å². The normalized spacial score (nSPS) is 32.3. The molecule has 0 fully saturated rings. The van der Waals surface area contributed by atoms with Crippen molar-refractivity contribution in [3.63, 3.8) is 0 Å². The Bertz CT molecular complexity index is 536. The van der Waals surface area contributed by atoms with Gasteiger partial charge in [0.25, 0.3) is 0 Å². The van der Waals surface area contributed by atoms with Gasteiger partial charge in [-0.2, -0.15) is 0 Å². The molecular weight excluding hydrogens is 206 g/mol. The van der Waals surface area contributed by atoms with Gasteiger partial charge in [0.05, 0.1) is 0 Å². The van der Waals surface area contributed by atoms with Crippen molar-refractivity contribution in [3.8, 4) is 0 Å². The number of rotatable bonds is 0. The Morgan fingerprint density at radius 1 is 1.12 bits per heavy atom. The third-order valence-corrected chi connectivity index (χ3v) is 4.97. The molecule has 2 atom stereocenters. The molecule has 2 aliphatic rings. The Morgan fingerprint density at radius 3 is 2.65 bits per heavy atom. The average Bonchev–Trinajstić information content (AvgIpc) is 2.47. The summed E-state index contributed by atoms with van der Waals surface area (Å²) in [6.07, 6.45) is 8.95. The number of anilines is 1. The highest BCUT2D eigenvalue weighted by atomic mass is 14.6. The molecular formula is C16H19N. The number of nitrogens with two attached hydrogens (primary N) is 1. The fraction of sp³-hybridized carbons (Fsp3) is 0.375. The van der Waals surface area contributed by atoms with E-state index in [-0.39, 0.29) is 10.8 Å². The van der Waals surface area contributed by atoms with Gasteiger partial charge >= 0.3 is 0 Å². The first-order valence-electron chi connectivity index (χ1n) is 6.23. The summed E-state index contributed by atoms with van der Waals surface area (Å²) >= 11 is 0. The lowest BCUT2D eigenvalue weighted by molar-refractivity contribution is 0.245. The predicted molar refractivity (Wildman–Crippen MR) is 73.0 cm³/mol. The Morgan fingerprint density at radius 2 is 1.88 bits per heavy atom. The molecule has 3 rings (SSSR count). The molecule has 0 radical (unpaired) electrons. The Hall–Kier alpha value is -1.50. The van der Waals surface area contributed by atoms with Gasteiger partial charge in [-0.15, -0.1) is 0 Å². The first kappa shape index (κ1) is 10.6. The van der Waals surface area contributed by atoms with Crippen molar-refractivity contribution < 1.29 is 0 Å². The van der Waals surface area contributed by atoms with Crippen molar-refractivity contribution in [1.82, 2.24) is 0 Å². The molecule has 1 unspecified atom stereocenters. The minimum absolute atomic E-state index is 0.129. The van der Waals surface area contributed by atoms with E-state index in [0.717, 1.165) is 5.69 Å². The van der Waals surface area contributed by atoms with Gasteiger partial charge in [-0.1, -0.05) is 57.2 Å². The fourth-order valence-corrected chi connectivity index (χ4v) is 3.49. The molecule has 0 amide bonds. The van der Waals surface area contributed by atoms with Crippen LogP contribution in [0.15, 0.2) is 42.5 Å². The lowest BCUT2D eigenvalue weighted by atomic mass is 9.62. The van der Waals surface area contributed by atoms with Crippen LogP contribution in [-0.2, 0) is 5.41 Å². The third-order valence-electron chi connectivity index (χ3n) is 4.97. The van der Waals surface area contributed by atoms with Crippen molar-refractivity contribution in [2.45, 2.75) is 32.1 Å². The molecule has 2 N–H and O–H groups in total. The second-order valence-electron chi connectivity index (χ2n) is 5.94. The van der Waals surface area contributed by atoms with Gasteiger partial charge in [-0.3, -0.25) is 0 Å². The molecule has 1 nitrogen and oxygen atoms in total. The molecule has 1 heteroatoms. The highest BCUT2D eigenvalue weighted by Gasteiger charge is 2.53. The van der Waals surface area contributed by atoms with Crippen molar-refractivity contribution in [2.75, 3.05) is 5.73 Å². The summed E-state index contributed by atoms with van der Waals surface area (Å²) in [6, 6.07) is 6.33. The van der Waals surface area contributed by atoms with Gasteiger partial charge in [0.1, 0.15) is 0 Å². The molecule has 0 aliphatic heterocycles. The number of benzene rings is 1. The average molecular weight is 225 g/mol. The number of fused-ring (bicyclic) bond motifs is 3. The third kappa shape index (κ3) is 1.09. The van der Waals surface area contributed by atoms with Gasteiger partial charge in [0, 0.05) is 17.0 Å². The molecule has 0 aromatic heterocycles. The van der Waals surface area contributed by atoms with Gasteiger partial charge < -0.3 is 5.73 Å². The molecule has 0 spiro atoms. The number of hydrogen-bond donors (Lipinski definition) is 1. The predicted octanol–water partition coefficient (Wildman–Crippen LogP) is 3.78. The van der Waals surface area contributed by atoms with Crippen LogP contribution in [0.1, 0.15) is 37.8 Å². The molecule has 88 valence electrons. The van der Waals surface area contributed by atoms with Gasteiger partial charge in [-0.05, 0) is 22.6 Å². The van der Waals surface area contributed by atoms with Crippen LogP contribution in [0.4, 0.5) is 5.69 Å². The van der Waals surface area contributed by atoms with E-state index in [1.165, 1.54) is 11.1 Å². The summed E-state index contributed by atoms with van der Waals surface area (Å²) in [5, 5.41) is 0. The SMILES string of the molecule is CC1(C)c2cccc(N)c2C2C=CC=C[C@]21C. The van der Waals surface area contributed by atoms with E-state index >= 15 is 0 Å². The molecule has 1 aromatic carbocycles. The topological polar surface area (TPSA) is 26.0 Å². The van der Waals surface area contributed by atoms with Gasteiger partial charge in [0.15, 0.2) is 0 Å². The van der Waals surface area contributed by atoms with Crippen LogP contribution < -0.4 is 5.73 Å². The summed E-state index contributed by atoms with van der Waals surface area (Å²) in [4.78, 5) is 0. The van der Waals surface area contributed by atoms with E-state index in [9.17, 15) is 0 Å². The molecule has 0 saturated carbocycles. The van der Waals surface area contributed by atoms with Gasteiger partial charge in [-0.25, -0.2) is 0 Å². The van der Waals surface area contributed by atoms with Crippen LogP contribution in [0.25, 0.3) is 0 Å². The van der Waals surface area contributed by atoms with Crippen LogP contribution in [-0.4, -0.2) is 0 Å². The van der Waals surface area contributed by atoms with Crippen LogP contribution in [0.2, 0.25) is 0 Å². The first-order chi connectivity index (χ1) is 7.98. The highest BCUT2D eigenvalue weighted by Crippen LogP contribution is 2.62. The van der Waals surface area contributed by atoms with E-state index in [0.29, 0.717) is 5.92 Å². The quantitative estimate of drug-likeness (QED) is 0.668. The lowest BCUT2D eigenvalue weighted by Gasteiger charge is -2.41. The molecule has 1 aromatic rings. The largest absolute Gasteiger partial charge is 0.398 e. The minimum Gasteiger partial charge on any atom is -0.398 e. The fourth-order valence-electron chi connectivity index (χ4n) is 3.49. The first-order valence-corrected chi connectivity index (χ1v) is 6.23. The maximum Gasteiger partial charge on any atom is 0.0355 e. The minimum atomic E-state index is 0.129. The zero-order chi connectivity index (χ0) is 12.3. The van der Waals surface area contributed by atoms with Crippen molar-refractivity contribution in [3.05, 3.63) is 53.6 Å². The zero-order valence-electron chi connectivity index (χ0n) is 10.7. The molecule has 17 heavy (non-hydrogen) atoms. The van der Waals surface area contributed by atoms with E-state index < -0.39 is 0 Å². The summed E-state index contributed by atoms with van der Waals surface area (Å²) in [5.41, 5.74) is 10.1. The van der Waals surface area contributed by atoms with E-state index in [2.05, 4.69) is 57.2 Å². The van der Waals surface area contributed by atoms with E-state index in [4.69, 9.17) is 5.73 Å². The highest BCUT2D eigenvalue weighted by molar-refractivity contribution is 5.63. The molecule has 0 saturated heterocycles. The van der Waals surface area contributed by atoms with Crippen LogP contribution in [0, 0.1) is 5.41 Å². The maximum atomic E-state index is 6.20. The summed E-state index contributed by atoms with van der Waals surface area (Å²) < 4.78 is 0. The summed E-state index contributed by atoms with van der Waals surface area (Å²) in [6.45, 7) is 7.00. The maximum absolute atomic E-state index is 6.20. The van der Waals surface area contributed by atoms with Crippen molar-refractivity contribution in [2.24, 2.45) is 5.41 Å². The number of allylic oxidation sites excluding steroid dienone is 4. The molecule has 2 aliphatic carbocycles. The second-order valence-corrected chi connectivity index (χ2v) is 5.94. The smallest absolute Gasteiger partial charge is 0.0355 e. The Balaban J connectivity index is 2.34. The standard InChI is InChI=1S/C16H19N/c1-15(2)11-8-6-9-13(17)14(11)12-7-4-5-10-16(12,15)3/h4-10,12H,17H2,1-3H3/t12?,16-/m1/s1. The van der Waals surface area contributed by atoms with Gasteiger partial charge in [0.2, 0.25) is 0 Å². The number of hydrogen-bond acceptors (Lipinski definition) is 1. The summed E-state index contributed by atoms with van der Waals surface area (Å²) in [5.74, 6) is 0.415. The zero-order valence-corrected chi connectivity index (χ0v) is 10.7. The van der Waals surface area contributed by atoms with Crippen LogP contribution >= 0.6 is 0 Å². The second kappa shape index (κ2) is 3.04.